The van der Waals surface area contributed by atoms with Crippen LogP contribution in [0.5, 0.6) is 11.5 Å². The summed E-state index contributed by atoms with van der Waals surface area (Å²) in [7, 11) is 3.33. The molecular formula is C30H30F4N4O4. The quantitative estimate of drug-likeness (QED) is 0.385. The fraction of sp³-hybridized carbons (Fsp3) is 0.367. The van der Waals surface area contributed by atoms with Crippen LogP contribution in [0.25, 0.3) is 0 Å². The summed E-state index contributed by atoms with van der Waals surface area (Å²) in [5.41, 5.74) is 0.495. The number of carbonyl (C=O) groups is 2. The summed E-state index contributed by atoms with van der Waals surface area (Å²) in [4.78, 5) is 35.3. The molecule has 42 heavy (non-hydrogen) atoms. The maximum absolute atomic E-state index is 15.3. The van der Waals surface area contributed by atoms with Crippen LogP contribution in [0.2, 0.25) is 0 Å². The Bertz CT molecular complexity index is 1420. The molecule has 2 saturated heterocycles. The Morgan fingerprint density at radius 2 is 1.69 bits per heavy atom. The van der Waals surface area contributed by atoms with Gasteiger partial charge in [-0.15, -0.1) is 0 Å². The van der Waals surface area contributed by atoms with Crippen LogP contribution in [0.1, 0.15) is 46.3 Å². The molecule has 2 amide bonds. The largest absolute Gasteiger partial charge is 0.497 e. The number of alkyl halides is 2. The Kier molecular flexibility index (Phi) is 8.62. The molecule has 3 heterocycles. The lowest BCUT2D eigenvalue weighted by molar-refractivity contribution is -0.118. The molecule has 2 aliphatic heterocycles. The van der Waals surface area contributed by atoms with Gasteiger partial charge in [-0.2, -0.15) is 8.78 Å². The van der Waals surface area contributed by atoms with E-state index < -0.39 is 42.0 Å². The number of methoxy groups -OCH3 is 1. The van der Waals surface area contributed by atoms with Gasteiger partial charge in [0.1, 0.15) is 35.0 Å². The molecule has 2 aromatic carbocycles. The first-order chi connectivity index (χ1) is 20.1. The highest BCUT2D eigenvalue weighted by molar-refractivity contribution is 6.04. The predicted molar refractivity (Wildman–Crippen MR) is 146 cm³/mol. The number of pyridine rings is 1. The van der Waals surface area contributed by atoms with Gasteiger partial charge in [0, 0.05) is 47.3 Å². The minimum absolute atomic E-state index is 0.0332. The molecule has 5 rings (SSSR count). The van der Waals surface area contributed by atoms with E-state index in [1.54, 1.807) is 12.1 Å². The summed E-state index contributed by atoms with van der Waals surface area (Å²) in [5.74, 6) is -3.93. The van der Waals surface area contributed by atoms with E-state index >= 15 is 8.78 Å². The smallest absolute Gasteiger partial charge is 0.387 e. The van der Waals surface area contributed by atoms with E-state index in [0.717, 1.165) is 43.8 Å². The fourth-order valence-electron chi connectivity index (χ4n) is 5.53. The first kappa shape index (κ1) is 29.3. The third kappa shape index (κ3) is 6.18. The summed E-state index contributed by atoms with van der Waals surface area (Å²) in [5, 5.41) is 2.60. The SMILES string of the molecule is COc1cc(F)c([C@@H]2CN(c3cccc(C4CCN(C)CC4)n3)C(=O)[C@H]2NC(=O)c2ccc(OC(F)F)cc2)c(F)c1. The monoisotopic (exact) mass is 586 g/mol. The molecule has 222 valence electrons. The number of hydrogen-bond acceptors (Lipinski definition) is 6. The van der Waals surface area contributed by atoms with Crippen molar-refractivity contribution in [3.05, 3.63) is 83.1 Å². The Labute approximate surface area is 240 Å². The summed E-state index contributed by atoms with van der Waals surface area (Å²) in [6.45, 7) is -1.34. The third-order valence-electron chi connectivity index (χ3n) is 7.77. The maximum Gasteiger partial charge on any atom is 0.387 e. The van der Waals surface area contributed by atoms with Crippen molar-refractivity contribution in [3.8, 4) is 11.5 Å². The number of piperidine rings is 1. The predicted octanol–water partition coefficient (Wildman–Crippen LogP) is 4.71. The van der Waals surface area contributed by atoms with Crippen molar-refractivity contribution in [3.63, 3.8) is 0 Å². The molecule has 0 radical (unpaired) electrons. The van der Waals surface area contributed by atoms with Crippen molar-refractivity contribution in [1.29, 1.82) is 0 Å². The molecule has 1 N–H and O–H groups in total. The zero-order valence-corrected chi connectivity index (χ0v) is 23.0. The van der Waals surface area contributed by atoms with Gasteiger partial charge in [-0.3, -0.25) is 14.5 Å². The molecular weight excluding hydrogens is 556 g/mol. The average Bonchev–Trinajstić information content (AvgIpc) is 3.28. The van der Waals surface area contributed by atoms with E-state index in [0.29, 0.717) is 5.82 Å². The number of hydrogen-bond donors (Lipinski definition) is 1. The van der Waals surface area contributed by atoms with Crippen molar-refractivity contribution in [2.75, 3.05) is 38.7 Å². The number of amides is 2. The summed E-state index contributed by atoms with van der Waals surface area (Å²) < 4.78 is 64.8. The number of nitrogens with one attached hydrogen (secondary N) is 1. The number of likely N-dealkylation sites (tertiary alicyclic amines) is 1. The van der Waals surface area contributed by atoms with Gasteiger partial charge in [0.15, 0.2) is 0 Å². The van der Waals surface area contributed by atoms with Crippen LogP contribution < -0.4 is 19.7 Å². The topological polar surface area (TPSA) is 84.0 Å². The summed E-state index contributed by atoms with van der Waals surface area (Å²) >= 11 is 0. The van der Waals surface area contributed by atoms with Crippen molar-refractivity contribution in [1.82, 2.24) is 15.2 Å². The van der Waals surface area contributed by atoms with Gasteiger partial charge in [-0.05, 0) is 69.4 Å². The van der Waals surface area contributed by atoms with E-state index in [1.165, 1.54) is 36.3 Å². The molecule has 2 fully saturated rings. The molecule has 0 unspecified atom stereocenters. The highest BCUT2D eigenvalue weighted by atomic mass is 19.3. The van der Waals surface area contributed by atoms with Crippen LogP contribution in [0, 0.1) is 11.6 Å². The molecule has 8 nitrogen and oxygen atoms in total. The second-order valence-electron chi connectivity index (χ2n) is 10.4. The lowest BCUT2D eigenvalue weighted by atomic mass is 9.92. The second kappa shape index (κ2) is 12.4. The van der Waals surface area contributed by atoms with Crippen LogP contribution >= 0.6 is 0 Å². The number of rotatable bonds is 8. The van der Waals surface area contributed by atoms with E-state index in [9.17, 15) is 18.4 Å². The van der Waals surface area contributed by atoms with Crippen LogP contribution in [-0.4, -0.2) is 68.1 Å². The highest BCUT2D eigenvalue weighted by Gasteiger charge is 2.45. The summed E-state index contributed by atoms with van der Waals surface area (Å²) in [6.07, 6.45) is 1.82. The molecule has 2 aliphatic rings. The molecule has 12 heteroatoms. The Hall–Kier alpha value is -4.19. The first-order valence-electron chi connectivity index (χ1n) is 13.5. The molecule has 0 saturated carbocycles. The van der Waals surface area contributed by atoms with Gasteiger partial charge < -0.3 is 19.7 Å². The third-order valence-corrected chi connectivity index (χ3v) is 7.77. The second-order valence-corrected chi connectivity index (χ2v) is 10.4. The van der Waals surface area contributed by atoms with Crippen LogP contribution in [0.15, 0.2) is 54.6 Å². The van der Waals surface area contributed by atoms with E-state index in [1.807, 2.05) is 6.07 Å². The fourth-order valence-corrected chi connectivity index (χ4v) is 5.53. The van der Waals surface area contributed by atoms with Gasteiger partial charge in [-0.25, -0.2) is 13.8 Å². The van der Waals surface area contributed by atoms with Gasteiger partial charge in [0.2, 0.25) is 0 Å². The molecule has 0 spiro atoms. The van der Waals surface area contributed by atoms with E-state index in [2.05, 4.69) is 22.0 Å². The number of aromatic nitrogens is 1. The maximum atomic E-state index is 15.3. The average molecular weight is 587 g/mol. The van der Waals surface area contributed by atoms with Gasteiger partial charge in [-0.1, -0.05) is 6.07 Å². The lowest BCUT2D eigenvalue weighted by Gasteiger charge is -2.29. The summed E-state index contributed by atoms with van der Waals surface area (Å²) in [6, 6.07) is 10.9. The normalized spacial score (nSPS) is 19.8. The van der Waals surface area contributed by atoms with Crippen LogP contribution in [0.4, 0.5) is 23.4 Å². The number of nitrogens with zero attached hydrogens (tertiary/aromatic N) is 3. The first-order valence-corrected chi connectivity index (χ1v) is 13.5. The standard InChI is InChI=1S/C30H30F4N4O4/c1-37-12-10-17(11-13-37)24-4-3-5-25(35-24)38-16-21(26-22(31)14-20(41-2)15-23(26)32)27(29(38)40)36-28(39)18-6-8-19(9-7-18)42-30(33)34/h3-9,14-15,17,21,27,30H,10-13,16H2,1-2H3,(H,36,39)/t21-,27-/m0/s1. The molecule has 0 bridgehead atoms. The van der Waals surface area contributed by atoms with Crippen LogP contribution in [0.3, 0.4) is 0 Å². The molecule has 2 atom stereocenters. The van der Waals surface area contributed by atoms with Crippen molar-refractivity contribution in [2.45, 2.75) is 37.3 Å². The Morgan fingerprint density at radius 3 is 2.31 bits per heavy atom. The Morgan fingerprint density at radius 1 is 1.02 bits per heavy atom. The zero-order chi connectivity index (χ0) is 30.0. The minimum Gasteiger partial charge on any atom is -0.497 e. The number of carbonyl (C=O) groups excluding carboxylic acids is 2. The Balaban J connectivity index is 1.46. The van der Waals surface area contributed by atoms with Gasteiger partial charge in [0.05, 0.1) is 7.11 Å². The van der Waals surface area contributed by atoms with Gasteiger partial charge in [0.25, 0.3) is 11.8 Å². The van der Waals surface area contributed by atoms with E-state index in [4.69, 9.17) is 9.72 Å². The minimum atomic E-state index is -3.03. The number of anilines is 1. The molecule has 3 aromatic rings. The number of halogens is 4. The number of ether oxygens (including phenoxy) is 2. The van der Waals surface area contributed by atoms with Crippen molar-refractivity contribution < 1.29 is 36.6 Å². The van der Waals surface area contributed by atoms with Crippen molar-refractivity contribution in [2.24, 2.45) is 0 Å². The van der Waals surface area contributed by atoms with E-state index in [-0.39, 0.29) is 35.1 Å². The van der Waals surface area contributed by atoms with Gasteiger partial charge >= 0.3 is 6.61 Å². The molecule has 0 aliphatic carbocycles. The highest BCUT2D eigenvalue weighted by Crippen LogP contribution is 2.37. The zero-order valence-electron chi connectivity index (χ0n) is 23.0. The number of benzene rings is 2. The van der Waals surface area contributed by atoms with Crippen LogP contribution in [-0.2, 0) is 4.79 Å². The molecule has 1 aromatic heterocycles. The lowest BCUT2D eigenvalue weighted by Crippen LogP contribution is -2.44. The van der Waals surface area contributed by atoms with Crippen molar-refractivity contribution >= 4 is 17.6 Å².